The Balaban J connectivity index is 2.12. The third-order valence-electron chi connectivity index (χ3n) is 3.52. The van der Waals surface area contributed by atoms with E-state index in [1.54, 1.807) is 0 Å². The average molecular weight is 328 g/mol. The van der Waals surface area contributed by atoms with Gasteiger partial charge in [0.25, 0.3) is 0 Å². The Bertz CT molecular complexity index is 854. The number of carbonyl (C=O) groups is 1. The minimum Gasteiger partial charge on any atom is -0.352 e. The molecule has 0 aliphatic heterocycles. The molecule has 0 aliphatic rings. The molecule has 1 aromatic heterocycles. The van der Waals surface area contributed by atoms with Crippen LogP contribution in [-0.4, -0.2) is 21.5 Å². The average Bonchev–Trinajstić information content (AvgIpc) is 2.85. The molecule has 5 heteroatoms. The van der Waals surface area contributed by atoms with Gasteiger partial charge in [-0.1, -0.05) is 35.9 Å². The third kappa shape index (κ3) is 3.22. The number of nitrogens with zero attached hydrogens (tertiary/aromatic N) is 2. The normalized spacial score (nSPS) is 11.1. The largest absolute Gasteiger partial charge is 0.352 e. The SMILES string of the molecule is CC(C)NC(=O)Cn1c(-c2ccccc2Cl)nc2ccccc21. The fraction of sp³-hybridized carbons (Fsp3) is 0.222. The third-order valence-corrected chi connectivity index (χ3v) is 3.85. The molecule has 0 unspecified atom stereocenters. The van der Waals surface area contributed by atoms with Gasteiger partial charge >= 0.3 is 0 Å². The van der Waals surface area contributed by atoms with Crippen molar-refractivity contribution in [3.63, 3.8) is 0 Å². The summed E-state index contributed by atoms with van der Waals surface area (Å²) in [6.45, 7) is 4.09. The van der Waals surface area contributed by atoms with Crippen molar-refractivity contribution in [3.05, 3.63) is 53.6 Å². The summed E-state index contributed by atoms with van der Waals surface area (Å²) in [6.07, 6.45) is 0. The number of rotatable bonds is 4. The molecule has 1 N–H and O–H groups in total. The maximum atomic E-state index is 12.2. The van der Waals surface area contributed by atoms with Crippen LogP contribution in [0.1, 0.15) is 13.8 Å². The van der Waals surface area contributed by atoms with Crippen LogP contribution in [0.4, 0.5) is 0 Å². The topological polar surface area (TPSA) is 46.9 Å². The van der Waals surface area contributed by atoms with Gasteiger partial charge in [-0.05, 0) is 38.1 Å². The Morgan fingerprint density at radius 2 is 1.87 bits per heavy atom. The van der Waals surface area contributed by atoms with Crippen LogP contribution in [0.3, 0.4) is 0 Å². The molecule has 2 aromatic carbocycles. The lowest BCUT2D eigenvalue weighted by atomic mass is 10.2. The van der Waals surface area contributed by atoms with Gasteiger partial charge in [0, 0.05) is 11.6 Å². The number of para-hydroxylation sites is 2. The van der Waals surface area contributed by atoms with Crippen molar-refractivity contribution in [2.45, 2.75) is 26.4 Å². The van der Waals surface area contributed by atoms with Gasteiger partial charge in [0.05, 0.1) is 16.1 Å². The first-order valence-corrected chi connectivity index (χ1v) is 7.93. The highest BCUT2D eigenvalue weighted by atomic mass is 35.5. The quantitative estimate of drug-likeness (QED) is 0.790. The Morgan fingerprint density at radius 1 is 1.17 bits per heavy atom. The van der Waals surface area contributed by atoms with E-state index in [1.165, 1.54) is 0 Å². The molecule has 1 heterocycles. The molecule has 118 valence electrons. The predicted molar refractivity (Wildman–Crippen MR) is 93.5 cm³/mol. The van der Waals surface area contributed by atoms with Gasteiger partial charge in [0.2, 0.25) is 5.91 Å². The molecule has 23 heavy (non-hydrogen) atoms. The minimum absolute atomic E-state index is 0.0449. The van der Waals surface area contributed by atoms with Gasteiger partial charge in [-0.3, -0.25) is 4.79 Å². The lowest BCUT2D eigenvalue weighted by molar-refractivity contribution is -0.122. The van der Waals surface area contributed by atoms with Crippen LogP contribution in [-0.2, 0) is 11.3 Å². The summed E-state index contributed by atoms with van der Waals surface area (Å²) in [5.74, 6) is 0.659. The number of amides is 1. The van der Waals surface area contributed by atoms with E-state index in [9.17, 15) is 4.79 Å². The Hall–Kier alpha value is -2.33. The molecule has 0 radical (unpaired) electrons. The zero-order chi connectivity index (χ0) is 16.4. The van der Waals surface area contributed by atoms with Gasteiger partial charge in [-0.2, -0.15) is 0 Å². The highest BCUT2D eigenvalue weighted by Crippen LogP contribution is 2.30. The molecule has 3 rings (SSSR count). The lowest BCUT2D eigenvalue weighted by Crippen LogP contribution is -2.33. The molecule has 1 amide bonds. The molecule has 0 fully saturated rings. The number of hydrogen-bond acceptors (Lipinski definition) is 2. The van der Waals surface area contributed by atoms with Crippen LogP contribution in [0.15, 0.2) is 48.5 Å². The van der Waals surface area contributed by atoms with E-state index in [4.69, 9.17) is 11.6 Å². The first-order valence-electron chi connectivity index (χ1n) is 7.56. The summed E-state index contributed by atoms with van der Waals surface area (Å²) in [4.78, 5) is 16.9. The second-order valence-corrected chi connectivity index (χ2v) is 6.12. The van der Waals surface area contributed by atoms with Gasteiger partial charge in [0.15, 0.2) is 0 Å². The number of aromatic nitrogens is 2. The Kier molecular flexibility index (Phi) is 4.35. The Labute approximate surface area is 140 Å². The fourth-order valence-corrected chi connectivity index (χ4v) is 2.82. The molecule has 0 saturated heterocycles. The zero-order valence-corrected chi connectivity index (χ0v) is 13.8. The maximum Gasteiger partial charge on any atom is 0.240 e. The second-order valence-electron chi connectivity index (χ2n) is 5.71. The highest BCUT2D eigenvalue weighted by molar-refractivity contribution is 6.33. The zero-order valence-electron chi connectivity index (χ0n) is 13.1. The van der Waals surface area contributed by atoms with Crippen LogP contribution in [0.5, 0.6) is 0 Å². The van der Waals surface area contributed by atoms with Crippen molar-refractivity contribution in [1.82, 2.24) is 14.9 Å². The summed E-state index contributed by atoms with van der Waals surface area (Å²) in [6, 6.07) is 15.4. The van der Waals surface area contributed by atoms with Crippen LogP contribution in [0.25, 0.3) is 22.4 Å². The van der Waals surface area contributed by atoms with Crippen molar-refractivity contribution < 1.29 is 4.79 Å². The van der Waals surface area contributed by atoms with E-state index in [1.807, 2.05) is 66.9 Å². The van der Waals surface area contributed by atoms with E-state index in [-0.39, 0.29) is 18.5 Å². The number of nitrogens with one attached hydrogen (secondary N) is 1. The number of imidazole rings is 1. The van der Waals surface area contributed by atoms with Gasteiger partial charge in [-0.15, -0.1) is 0 Å². The van der Waals surface area contributed by atoms with E-state index in [0.717, 1.165) is 16.6 Å². The van der Waals surface area contributed by atoms with Crippen LogP contribution in [0.2, 0.25) is 5.02 Å². The van der Waals surface area contributed by atoms with Crippen molar-refractivity contribution >= 4 is 28.5 Å². The van der Waals surface area contributed by atoms with E-state index < -0.39 is 0 Å². The highest BCUT2D eigenvalue weighted by Gasteiger charge is 2.17. The second kappa shape index (κ2) is 6.42. The van der Waals surface area contributed by atoms with Crippen molar-refractivity contribution in [2.75, 3.05) is 0 Å². The summed E-state index contributed by atoms with van der Waals surface area (Å²) < 4.78 is 1.91. The minimum atomic E-state index is -0.0449. The van der Waals surface area contributed by atoms with Crippen LogP contribution >= 0.6 is 11.6 Å². The van der Waals surface area contributed by atoms with Gasteiger partial charge < -0.3 is 9.88 Å². The molecule has 0 bridgehead atoms. The van der Waals surface area contributed by atoms with Crippen molar-refractivity contribution in [1.29, 1.82) is 0 Å². The fourth-order valence-electron chi connectivity index (χ4n) is 2.59. The molecular weight excluding hydrogens is 310 g/mol. The molecule has 0 atom stereocenters. The number of halogens is 1. The maximum absolute atomic E-state index is 12.2. The van der Waals surface area contributed by atoms with Crippen LogP contribution in [0, 0.1) is 0 Å². The molecular formula is C18H18ClN3O. The summed E-state index contributed by atoms with van der Waals surface area (Å²) >= 11 is 6.33. The predicted octanol–water partition coefficient (Wildman–Crippen LogP) is 3.88. The van der Waals surface area contributed by atoms with Crippen molar-refractivity contribution in [2.24, 2.45) is 0 Å². The summed E-state index contributed by atoms with van der Waals surface area (Å²) in [7, 11) is 0. The number of fused-ring (bicyclic) bond motifs is 1. The van der Waals surface area contributed by atoms with Crippen molar-refractivity contribution in [3.8, 4) is 11.4 Å². The standard InChI is InChI=1S/C18H18ClN3O/c1-12(2)20-17(23)11-22-16-10-6-5-9-15(16)21-18(22)13-7-3-4-8-14(13)19/h3-10,12H,11H2,1-2H3,(H,20,23). The lowest BCUT2D eigenvalue weighted by Gasteiger charge is -2.12. The molecule has 0 spiro atoms. The smallest absolute Gasteiger partial charge is 0.240 e. The van der Waals surface area contributed by atoms with E-state index in [0.29, 0.717) is 10.8 Å². The molecule has 0 aliphatic carbocycles. The number of benzene rings is 2. The van der Waals surface area contributed by atoms with E-state index in [2.05, 4.69) is 10.3 Å². The van der Waals surface area contributed by atoms with Gasteiger partial charge in [-0.25, -0.2) is 4.98 Å². The summed E-state index contributed by atoms with van der Waals surface area (Å²) in [5.41, 5.74) is 2.59. The first kappa shape index (κ1) is 15.6. The van der Waals surface area contributed by atoms with E-state index >= 15 is 0 Å². The monoisotopic (exact) mass is 327 g/mol. The number of hydrogen-bond donors (Lipinski definition) is 1. The first-order chi connectivity index (χ1) is 11.1. The van der Waals surface area contributed by atoms with Crippen LogP contribution < -0.4 is 5.32 Å². The Morgan fingerprint density at radius 3 is 2.61 bits per heavy atom. The van der Waals surface area contributed by atoms with Gasteiger partial charge in [0.1, 0.15) is 12.4 Å². The number of carbonyl (C=O) groups excluding carboxylic acids is 1. The molecule has 4 nitrogen and oxygen atoms in total. The molecule has 0 saturated carbocycles. The summed E-state index contributed by atoms with van der Waals surface area (Å²) in [5, 5.41) is 3.54. The molecule has 3 aromatic rings.